The zero-order chi connectivity index (χ0) is 16.9. The monoisotopic (exact) mass is 324 g/mol. The van der Waals surface area contributed by atoms with Crippen molar-refractivity contribution < 1.29 is 14.3 Å². The summed E-state index contributed by atoms with van der Waals surface area (Å²) >= 11 is 0. The minimum Gasteiger partial charge on any atom is -0.489 e. The van der Waals surface area contributed by atoms with Crippen LogP contribution >= 0.6 is 0 Å². The van der Waals surface area contributed by atoms with E-state index in [9.17, 15) is 9.59 Å². The van der Waals surface area contributed by atoms with Gasteiger partial charge in [0.25, 0.3) is 0 Å². The number of hydrogen-bond acceptors (Lipinski definition) is 4. The Balaban J connectivity index is 1.60. The van der Waals surface area contributed by atoms with Crippen LogP contribution in [0.25, 0.3) is 0 Å². The second kappa shape index (κ2) is 7.27. The number of hydrogen-bond donors (Lipinski definition) is 2. The second-order valence-electron chi connectivity index (χ2n) is 5.88. The van der Waals surface area contributed by atoms with Gasteiger partial charge in [-0.2, -0.15) is 0 Å². The van der Waals surface area contributed by atoms with Gasteiger partial charge >= 0.3 is 0 Å². The average Bonchev–Trinajstić information content (AvgIpc) is 2.61. The van der Waals surface area contributed by atoms with Crippen molar-refractivity contribution in [2.75, 3.05) is 0 Å². The van der Waals surface area contributed by atoms with Crippen LogP contribution in [0.5, 0.6) is 5.75 Å². The van der Waals surface area contributed by atoms with Gasteiger partial charge in [-0.3, -0.25) is 14.9 Å². The molecule has 5 nitrogen and oxygen atoms in total. The predicted molar refractivity (Wildman–Crippen MR) is 90.2 cm³/mol. The predicted octanol–water partition coefficient (Wildman–Crippen LogP) is 2.24. The SMILES string of the molecule is NCc1ccc(COc2ccc(C3CCC(=O)NC3=O)cc2)cc1. The molecule has 2 amide bonds. The molecule has 1 saturated heterocycles. The number of amides is 2. The molecule has 24 heavy (non-hydrogen) atoms. The molecule has 1 aliphatic heterocycles. The smallest absolute Gasteiger partial charge is 0.234 e. The van der Waals surface area contributed by atoms with Crippen molar-refractivity contribution in [1.82, 2.24) is 5.32 Å². The Morgan fingerprint density at radius 2 is 1.67 bits per heavy atom. The highest BCUT2D eigenvalue weighted by molar-refractivity contribution is 6.00. The molecular weight excluding hydrogens is 304 g/mol. The van der Waals surface area contributed by atoms with Gasteiger partial charge in [0.1, 0.15) is 12.4 Å². The summed E-state index contributed by atoms with van der Waals surface area (Å²) in [4.78, 5) is 23.1. The fraction of sp³-hybridized carbons (Fsp3) is 0.263. The molecular formula is C19H20N2O3. The lowest BCUT2D eigenvalue weighted by atomic mass is 9.90. The molecule has 124 valence electrons. The molecule has 1 unspecified atom stereocenters. The van der Waals surface area contributed by atoms with Crippen molar-refractivity contribution in [3.05, 3.63) is 65.2 Å². The third-order valence-electron chi connectivity index (χ3n) is 4.19. The highest BCUT2D eigenvalue weighted by atomic mass is 16.5. The Labute approximate surface area is 140 Å². The average molecular weight is 324 g/mol. The molecule has 5 heteroatoms. The highest BCUT2D eigenvalue weighted by Gasteiger charge is 2.27. The molecule has 0 spiro atoms. The van der Waals surface area contributed by atoms with Crippen molar-refractivity contribution in [2.45, 2.75) is 31.9 Å². The Hall–Kier alpha value is -2.66. The number of imide groups is 1. The first-order chi connectivity index (χ1) is 11.7. The number of nitrogens with two attached hydrogens (primary N) is 1. The number of rotatable bonds is 5. The molecule has 1 aliphatic rings. The lowest BCUT2D eigenvalue weighted by molar-refractivity contribution is -0.134. The zero-order valence-electron chi connectivity index (χ0n) is 13.3. The van der Waals surface area contributed by atoms with Gasteiger partial charge in [0.05, 0.1) is 5.92 Å². The maximum Gasteiger partial charge on any atom is 0.234 e. The van der Waals surface area contributed by atoms with Crippen LogP contribution in [0, 0.1) is 0 Å². The van der Waals surface area contributed by atoms with Crippen LogP contribution in [0.2, 0.25) is 0 Å². The summed E-state index contributed by atoms with van der Waals surface area (Å²) in [6.07, 6.45) is 0.936. The van der Waals surface area contributed by atoms with Gasteiger partial charge in [-0.1, -0.05) is 36.4 Å². The van der Waals surface area contributed by atoms with Crippen LogP contribution in [0.4, 0.5) is 0 Å². The van der Waals surface area contributed by atoms with Crippen LogP contribution in [-0.4, -0.2) is 11.8 Å². The molecule has 2 aromatic rings. The van der Waals surface area contributed by atoms with Gasteiger partial charge in [0.2, 0.25) is 11.8 Å². The third-order valence-corrected chi connectivity index (χ3v) is 4.19. The van der Waals surface area contributed by atoms with Crippen LogP contribution in [0.3, 0.4) is 0 Å². The van der Waals surface area contributed by atoms with Gasteiger partial charge in [0.15, 0.2) is 0 Å². The molecule has 2 aromatic carbocycles. The third kappa shape index (κ3) is 3.81. The van der Waals surface area contributed by atoms with Crippen LogP contribution in [0.15, 0.2) is 48.5 Å². The number of carbonyl (C=O) groups is 2. The van der Waals surface area contributed by atoms with Gasteiger partial charge in [-0.05, 0) is 35.2 Å². The number of ether oxygens (including phenoxy) is 1. The quantitative estimate of drug-likeness (QED) is 0.827. The number of benzene rings is 2. The first-order valence-electron chi connectivity index (χ1n) is 8.00. The first-order valence-corrected chi connectivity index (χ1v) is 8.00. The van der Waals surface area contributed by atoms with E-state index in [1.807, 2.05) is 48.5 Å². The van der Waals surface area contributed by atoms with Gasteiger partial charge < -0.3 is 10.5 Å². The molecule has 0 saturated carbocycles. The van der Waals surface area contributed by atoms with E-state index in [1.54, 1.807) is 0 Å². The zero-order valence-corrected chi connectivity index (χ0v) is 13.3. The van der Waals surface area contributed by atoms with Crippen molar-refractivity contribution in [2.24, 2.45) is 5.73 Å². The Kier molecular flexibility index (Phi) is 4.91. The number of piperidine rings is 1. The largest absolute Gasteiger partial charge is 0.489 e. The van der Waals surface area contributed by atoms with Crippen molar-refractivity contribution in [3.63, 3.8) is 0 Å². The van der Waals surface area contributed by atoms with Gasteiger partial charge in [0, 0.05) is 13.0 Å². The minimum atomic E-state index is -0.263. The van der Waals surface area contributed by atoms with Crippen LogP contribution in [-0.2, 0) is 22.7 Å². The molecule has 3 rings (SSSR count). The number of nitrogens with one attached hydrogen (secondary N) is 1. The standard InChI is InChI=1S/C19H20N2O3/c20-11-13-1-3-14(4-2-13)12-24-16-7-5-15(6-8-16)17-9-10-18(22)21-19(17)23/h1-8,17H,9-12,20H2,(H,21,22,23). The maximum absolute atomic E-state index is 11.9. The highest BCUT2D eigenvalue weighted by Crippen LogP contribution is 2.26. The molecule has 0 aromatic heterocycles. The first kappa shape index (κ1) is 16.2. The van der Waals surface area contributed by atoms with Gasteiger partial charge in [-0.25, -0.2) is 0 Å². The fourth-order valence-electron chi connectivity index (χ4n) is 2.75. The summed E-state index contributed by atoms with van der Waals surface area (Å²) in [6, 6.07) is 15.5. The Bertz CT molecular complexity index is 723. The van der Waals surface area contributed by atoms with E-state index in [4.69, 9.17) is 10.5 Å². The summed E-state index contributed by atoms with van der Waals surface area (Å²) in [6.45, 7) is 1.01. The van der Waals surface area contributed by atoms with Crippen molar-refractivity contribution in [3.8, 4) is 5.75 Å². The molecule has 0 bridgehead atoms. The Morgan fingerprint density at radius 1 is 1.00 bits per heavy atom. The summed E-state index contributed by atoms with van der Waals surface area (Å²) in [5.74, 6) is 0.0614. The van der Waals surface area contributed by atoms with E-state index in [0.717, 1.165) is 22.4 Å². The normalized spacial score (nSPS) is 17.5. The van der Waals surface area contributed by atoms with E-state index in [2.05, 4.69) is 5.32 Å². The van der Waals surface area contributed by atoms with E-state index in [-0.39, 0.29) is 17.7 Å². The van der Waals surface area contributed by atoms with E-state index in [1.165, 1.54) is 0 Å². The van der Waals surface area contributed by atoms with Crippen LogP contribution < -0.4 is 15.8 Å². The maximum atomic E-state index is 11.9. The summed E-state index contributed by atoms with van der Waals surface area (Å²) in [7, 11) is 0. The lowest BCUT2D eigenvalue weighted by Gasteiger charge is -2.21. The second-order valence-corrected chi connectivity index (χ2v) is 5.88. The molecule has 1 heterocycles. The topological polar surface area (TPSA) is 81.4 Å². The van der Waals surface area contributed by atoms with Crippen molar-refractivity contribution in [1.29, 1.82) is 0 Å². The van der Waals surface area contributed by atoms with E-state index >= 15 is 0 Å². The Morgan fingerprint density at radius 3 is 2.29 bits per heavy atom. The fourth-order valence-corrected chi connectivity index (χ4v) is 2.75. The minimum absolute atomic E-state index is 0.197. The van der Waals surface area contributed by atoms with E-state index in [0.29, 0.717) is 26.0 Å². The molecule has 3 N–H and O–H groups in total. The summed E-state index contributed by atoms with van der Waals surface area (Å²) < 4.78 is 5.77. The molecule has 0 aliphatic carbocycles. The summed E-state index contributed by atoms with van der Waals surface area (Å²) in [5.41, 5.74) is 8.64. The summed E-state index contributed by atoms with van der Waals surface area (Å²) in [5, 5.41) is 2.38. The van der Waals surface area contributed by atoms with Crippen molar-refractivity contribution >= 4 is 11.8 Å². The lowest BCUT2D eigenvalue weighted by Crippen LogP contribution is -2.39. The molecule has 1 atom stereocenters. The van der Waals surface area contributed by atoms with E-state index < -0.39 is 0 Å². The molecule has 1 fully saturated rings. The molecule has 0 radical (unpaired) electrons. The van der Waals surface area contributed by atoms with Crippen LogP contribution in [0.1, 0.15) is 35.4 Å². The number of carbonyl (C=O) groups excluding carboxylic acids is 2. The van der Waals surface area contributed by atoms with Gasteiger partial charge in [-0.15, -0.1) is 0 Å².